The van der Waals surface area contributed by atoms with Gasteiger partial charge in [-0.2, -0.15) is 5.06 Å². The first kappa shape index (κ1) is 17.1. The molecule has 122 valence electrons. The van der Waals surface area contributed by atoms with Crippen LogP contribution in [0, 0.1) is 5.82 Å². The lowest BCUT2D eigenvalue weighted by Crippen LogP contribution is -2.33. The highest BCUT2D eigenvalue weighted by Crippen LogP contribution is 2.18. The van der Waals surface area contributed by atoms with Crippen molar-refractivity contribution in [3.05, 3.63) is 59.9 Å². The van der Waals surface area contributed by atoms with Crippen molar-refractivity contribution in [3.63, 3.8) is 0 Å². The zero-order chi connectivity index (χ0) is 16.8. The summed E-state index contributed by atoms with van der Waals surface area (Å²) in [5.74, 6) is -0.629. The summed E-state index contributed by atoms with van der Waals surface area (Å²) in [5.41, 5.74) is 1.16. The van der Waals surface area contributed by atoms with Gasteiger partial charge in [-0.25, -0.2) is 9.18 Å². The molecule has 2 amide bonds. The topological polar surface area (TPSA) is 58.6 Å². The minimum atomic E-state index is -1.42. The first-order valence-corrected chi connectivity index (χ1v) is 8.36. The number of nitrogens with one attached hydrogen (secondary N) is 1. The van der Waals surface area contributed by atoms with Gasteiger partial charge in [-0.15, -0.1) is 0 Å². The number of carbonyl (C=O) groups excluding carboxylic acids is 1. The van der Waals surface area contributed by atoms with Crippen LogP contribution >= 0.6 is 0 Å². The van der Waals surface area contributed by atoms with E-state index in [-0.39, 0.29) is 17.1 Å². The van der Waals surface area contributed by atoms with Gasteiger partial charge in [-0.1, -0.05) is 30.3 Å². The summed E-state index contributed by atoms with van der Waals surface area (Å²) < 4.78 is 25.1. The van der Waals surface area contributed by atoms with Gasteiger partial charge in [0.05, 0.1) is 29.3 Å². The van der Waals surface area contributed by atoms with E-state index in [0.29, 0.717) is 0 Å². The first-order valence-electron chi connectivity index (χ1n) is 6.81. The van der Waals surface area contributed by atoms with Gasteiger partial charge in [0.2, 0.25) is 0 Å². The Morgan fingerprint density at radius 1 is 1.26 bits per heavy atom. The van der Waals surface area contributed by atoms with E-state index in [0.717, 1.165) is 16.7 Å². The molecule has 0 spiro atoms. The van der Waals surface area contributed by atoms with Crippen LogP contribution in [0.3, 0.4) is 0 Å². The Labute approximate surface area is 136 Å². The number of carbonyl (C=O) groups is 1. The van der Waals surface area contributed by atoms with Crippen LogP contribution in [0.15, 0.2) is 53.4 Å². The van der Waals surface area contributed by atoms with Crippen molar-refractivity contribution in [1.29, 1.82) is 0 Å². The fourth-order valence-electron chi connectivity index (χ4n) is 1.97. The summed E-state index contributed by atoms with van der Waals surface area (Å²) in [6, 6.07) is 12.8. The number of anilines is 1. The third-order valence-corrected chi connectivity index (χ3v) is 4.06. The molecular formula is C16H17FN2O3S. The maximum Gasteiger partial charge on any atom is 0.346 e. The molecule has 2 aromatic carbocycles. The second kappa shape index (κ2) is 7.85. The van der Waals surface area contributed by atoms with Gasteiger partial charge in [-0.3, -0.25) is 9.05 Å². The smallest absolute Gasteiger partial charge is 0.306 e. The molecule has 0 unspecified atom stereocenters. The van der Waals surface area contributed by atoms with E-state index in [1.165, 1.54) is 25.5 Å². The lowest BCUT2D eigenvalue weighted by molar-refractivity contribution is -0.0886. The molecule has 0 heterocycles. The molecule has 7 heteroatoms. The monoisotopic (exact) mass is 336 g/mol. The van der Waals surface area contributed by atoms with Crippen LogP contribution in [0.25, 0.3) is 0 Å². The molecule has 0 saturated carbocycles. The molecule has 1 N–H and O–H groups in total. The van der Waals surface area contributed by atoms with Gasteiger partial charge in [0.15, 0.2) is 0 Å². The summed E-state index contributed by atoms with van der Waals surface area (Å²) in [6.07, 6.45) is 1.39. The highest BCUT2D eigenvalue weighted by molar-refractivity contribution is 7.84. The van der Waals surface area contributed by atoms with E-state index in [1.807, 2.05) is 30.3 Å². The van der Waals surface area contributed by atoms with Crippen LogP contribution in [0.1, 0.15) is 5.56 Å². The van der Waals surface area contributed by atoms with Crippen molar-refractivity contribution in [2.45, 2.75) is 11.4 Å². The van der Waals surface area contributed by atoms with Crippen molar-refractivity contribution in [1.82, 2.24) is 5.06 Å². The zero-order valence-electron chi connectivity index (χ0n) is 12.8. The average molecular weight is 336 g/mol. The molecule has 0 fully saturated rings. The van der Waals surface area contributed by atoms with Crippen LogP contribution in [0.2, 0.25) is 0 Å². The zero-order valence-corrected chi connectivity index (χ0v) is 13.6. The molecule has 0 radical (unpaired) electrons. The van der Waals surface area contributed by atoms with E-state index in [2.05, 4.69) is 5.32 Å². The molecule has 0 aromatic heterocycles. The van der Waals surface area contributed by atoms with Gasteiger partial charge >= 0.3 is 6.03 Å². The predicted octanol–water partition coefficient (Wildman–Crippen LogP) is 3.16. The standard InChI is InChI=1S/C16H17FN2O3S/c1-22-19(11-12-6-4-3-5-7-12)16(20)18-13-8-9-15(23(2)21)14(17)10-13/h3-10H,11H2,1-2H3,(H,18,20)/t23-/m1/s1. The molecule has 0 bridgehead atoms. The Kier molecular flexibility index (Phi) is 5.84. The molecule has 2 rings (SSSR count). The Morgan fingerprint density at radius 2 is 1.96 bits per heavy atom. The Bertz CT molecular complexity index is 710. The average Bonchev–Trinajstić information content (AvgIpc) is 2.53. The van der Waals surface area contributed by atoms with E-state index in [9.17, 15) is 13.4 Å². The summed E-state index contributed by atoms with van der Waals surface area (Å²) in [4.78, 5) is 17.3. The predicted molar refractivity (Wildman–Crippen MR) is 86.7 cm³/mol. The van der Waals surface area contributed by atoms with Gasteiger partial charge in [0, 0.05) is 11.9 Å². The van der Waals surface area contributed by atoms with Crippen LogP contribution in [0.4, 0.5) is 14.9 Å². The second-order valence-corrected chi connectivity index (χ2v) is 6.08. The number of hydrogen-bond donors (Lipinski definition) is 1. The number of benzene rings is 2. The normalized spacial score (nSPS) is 11.8. The van der Waals surface area contributed by atoms with Crippen LogP contribution in [-0.4, -0.2) is 28.7 Å². The number of hydroxylamine groups is 2. The largest absolute Gasteiger partial charge is 0.346 e. The summed E-state index contributed by atoms with van der Waals surface area (Å²) in [5, 5.41) is 3.67. The third-order valence-electron chi connectivity index (χ3n) is 3.11. The molecule has 0 aliphatic heterocycles. The lowest BCUT2D eigenvalue weighted by atomic mass is 10.2. The Balaban J connectivity index is 2.07. The molecule has 23 heavy (non-hydrogen) atoms. The fourth-order valence-corrected chi connectivity index (χ4v) is 2.56. The quantitative estimate of drug-likeness (QED) is 0.853. The number of rotatable bonds is 5. The molecule has 0 aliphatic carbocycles. The van der Waals surface area contributed by atoms with Crippen molar-refractivity contribution in [2.75, 3.05) is 18.7 Å². The molecule has 0 saturated heterocycles. The van der Waals surface area contributed by atoms with Crippen LogP contribution in [-0.2, 0) is 22.2 Å². The third kappa shape index (κ3) is 4.61. The van der Waals surface area contributed by atoms with E-state index >= 15 is 0 Å². The fraction of sp³-hybridized carbons (Fsp3) is 0.188. The number of hydrogen-bond acceptors (Lipinski definition) is 3. The van der Waals surface area contributed by atoms with E-state index < -0.39 is 22.6 Å². The lowest BCUT2D eigenvalue weighted by Gasteiger charge is -2.20. The summed E-state index contributed by atoms with van der Waals surface area (Å²) in [7, 11) is -0.0398. The Morgan fingerprint density at radius 3 is 2.52 bits per heavy atom. The molecule has 1 atom stereocenters. The van der Waals surface area contributed by atoms with Crippen molar-refractivity contribution in [3.8, 4) is 0 Å². The maximum absolute atomic E-state index is 13.8. The van der Waals surface area contributed by atoms with Crippen molar-refractivity contribution < 1.29 is 18.2 Å². The van der Waals surface area contributed by atoms with Crippen LogP contribution in [0.5, 0.6) is 0 Å². The molecule has 2 aromatic rings. The van der Waals surface area contributed by atoms with Crippen molar-refractivity contribution >= 4 is 22.5 Å². The number of halogens is 1. The molecule has 5 nitrogen and oxygen atoms in total. The number of amides is 2. The van der Waals surface area contributed by atoms with Crippen LogP contribution < -0.4 is 5.32 Å². The van der Waals surface area contributed by atoms with Crippen molar-refractivity contribution in [2.24, 2.45) is 0 Å². The molecule has 0 aliphatic rings. The first-order chi connectivity index (χ1) is 11.0. The van der Waals surface area contributed by atoms with E-state index in [4.69, 9.17) is 4.84 Å². The second-order valence-electron chi connectivity index (χ2n) is 4.73. The minimum Gasteiger partial charge on any atom is -0.306 e. The molecular weight excluding hydrogens is 319 g/mol. The number of urea groups is 1. The van der Waals surface area contributed by atoms with Gasteiger partial charge < -0.3 is 5.32 Å². The SMILES string of the molecule is CON(Cc1ccccc1)C(=O)Nc1ccc([S@@](C)=O)c(F)c1. The van der Waals surface area contributed by atoms with Gasteiger partial charge in [0.1, 0.15) is 5.82 Å². The highest BCUT2D eigenvalue weighted by Gasteiger charge is 2.15. The highest BCUT2D eigenvalue weighted by atomic mass is 32.2. The minimum absolute atomic E-state index is 0.0934. The summed E-state index contributed by atoms with van der Waals surface area (Å²) in [6.45, 7) is 0.253. The van der Waals surface area contributed by atoms with Gasteiger partial charge in [0.25, 0.3) is 0 Å². The van der Waals surface area contributed by atoms with E-state index in [1.54, 1.807) is 0 Å². The number of nitrogens with zero attached hydrogens (tertiary/aromatic N) is 1. The summed E-state index contributed by atoms with van der Waals surface area (Å²) >= 11 is 0. The Hall–Kier alpha value is -2.25. The van der Waals surface area contributed by atoms with Gasteiger partial charge in [-0.05, 0) is 23.8 Å². The maximum atomic E-state index is 13.8.